The summed E-state index contributed by atoms with van der Waals surface area (Å²) < 4.78 is 55.0. The van der Waals surface area contributed by atoms with Gasteiger partial charge < -0.3 is 0 Å². The quantitative estimate of drug-likeness (QED) is 0.470. The van der Waals surface area contributed by atoms with Gasteiger partial charge in [0.1, 0.15) is 5.82 Å². The van der Waals surface area contributed by atoms with Crippen molar-refractivity contribution in [3.05, 3.63) is 69.8 Å². The Morgan fingerprint density at radius 2 is 1.71 bits per heavy atom. The van der Waals surface area contributed by atoms with Gasteiger partial charge in [-0.05, 0) is 60.1 Å². The lowest BCUT2D eigenvalue weighted by Gasteiger charge is -2.18. The summed E-state index contributed by atoms with van der Waals surface area (Å²) in [6.45, 7) is 2.08. The molecule has 0 heterocycles. The van der Waals surface area contributed by atoms with Crippen molar-refractivity contribution < 1.29 is 17.6 Å². The fourth-order valence-electron chi connectivity index (χ4n) is 3.12. The molecule has 2 aromatic rings. The van der Waals surface area contributed by atoms with Crippen molar-refractivity contribution in [2.24, 2.45) is 0 Å². The molecule has 126 valence electrons. The highest BCUT2D eigenvalue weighted by atomic mass is 19.2. The third kappa shape index (κ3) is 3.10. The van der Waals surface area contributed by atoms with Gasteiger partial charge in [-0.15, -0.1) is 0 Å². The van der Waals surface area contributed by atoms with Gasteiger partial charge in [0.2, 0.25) is 0 Å². The predicted molar refractivity (Wildman–Crippen MR) is 87.5 cm³/mol. The number of benzene rings is 2. The molecular formula is C20H18F4. The van der Waals surface area contributed by atoms with E-state index in [0.29, 0.717) is 17.6 Å². The molecule has 0 amide bonds. The number of unbranched alkanes of at least 4 members (excludes halogenated alkanes) is 1. The molecule has 0 unspecified atom stereocenters. The largest absolute Gasteiger partial charge is 0.206 e. The van der Waals surface area contributed by atoms with Crippen molar-refractivity contribution in [3.8, 4) is 0 Å². The Morgan fingerprint density at radius 1 is 0.917 bits per heavy atom. The van der Waals surface area contributed by atoms with Crippen LogP contribution >= 0.6 is 0 Å². The molecule has 3 rings (SSSR count). The van der Waals surface area contributed by atoms with Crippen molar-refractivity contribution in [1.29, 1.82) is 0 Å². The van der Waals surface area contributed by atoms with Gasteiger partial charge in [0.15, 0.2) is 17.5 Å². The first-order valence-electron chi connectivity index (χ1n) is 8.17. The molecule has 0 aliphatic heterocycles. The van der Waals surface area contributed by atoms with Crippen LogP contribution < -0.4 is 0 Å². The van der Waals surface area contributed by atoms with Crippen LogP contribution in [0, 0.1) is 23.3 Å². The van der Waals surface area contributed by atoms with Gasteiger partial charge in [0, 0.05) is 5.56 Å². The fourth-order valence-corrected chi connectivity index (χ4v) is 3.12. The smallest absolute Gasteiger partial charge is 0.194 e. The number of fused-ring (bicyclic) bond motifs is 1. The van der Waals surface area contributed by atoms with Gasteiger partial charge in [-0.1, -0.05) is 31.6 Å². The van der Waals surface area contributed by atoms with Crippen molar-refractivity contribution in [2.45, 2.75) is 39.0 Å². The molecule has 1 aliphatic rings. The maximum atomic E-state index is 14.4. The molecule has 0 radical (unpaired) electrons. The summed E-state index contributed by atoms with van der Waals surface area (Å²) in [6, 6.07) is 6.09. The summed E-state index contributed by atoms with van der Waals surface area (Å²) >= 11 is 0. The second kappa shape index (κ2) is 6.80. The minimum absolute atomic E-state index is 0.151. The Morgan fingerprint density at radius 3 is 2.42 bits per heavy atom. The van der Waals surface area contributed by atoms with Crippen LogP contribution in [0.15, 0.2) is 24.3 Å². The monoisotopic (exact) mass is 334 g/mol. The van der Waals surface area contributed by atoms with E-state index in [2.05, 4.69) is 6.92 Å². The zero-order chi connectivity index (χ0) is 17.3. The van der Waals surface area contributed by atoms with Crippen LogP contribution in [0.3, 0.4) is 0 Å². The molecule has 0 saturated heterocycles. The van der Waals surface area contributed by atoms with Crippen molar-refractivity contribution >= 4 is 11.6 Å². The first kappa shape index (κ1) is 16.7. The van der Waals surface area contributed by atoms with Gasteiger partial charge in [-0.25, -0.2) is 17.6 Å². The van der Waals surface area contributed by atoms with Crippen LogP contribution in [0.1, 0.15) is 48.4 Å². The van der Waals surface area contributed by atoms with Gasteiger partial charge in [-0.2, -0.15) is 0 Å². The Kier molecular flexibility index (Phi) is 4.74. The van der Waals surface area contributed by atoms with Crippen LogP contribution in [-0.4, -0.2) is 0 Å². The van der Waals surface area contributed by atoms with E-state index in [4.69, 9.17) is 0 Å². The van der Waals surface area contributed by atoms with Crippen LogP contribution in [0.5, 0.6) is 0 Å². The van der Waals surface area contributed by atoms with Gasteiger partial charge in [-0.3, -0.25) is 0 Å². The second-order valence-corrected chi connectivity index (χ2v) is 6.14. The zero-order valence-corrected chi connectivity index (χ0v) is 13.4. The van der Waals surface area contributed by atoms with Gasteiger partial charge in [0.05, 0.1) is 0 Å². The zero-order valence-electron chi connectivity index (χ0n) is 13.4. The highest BCUT2D eigenvalue weighted by molar-refractivity contribution is 5.84. The lowest BCUT2D eigenvalue weighted by molar-refractivity contribution is 0.440. The molecule has 0 spiro atoms. The van der Waals surface area contributed by atoms with E-state index in [1.165, 1.54) is 6.07 Å². The van der Waals surface area contributed by atoms with Crippen molar-refractivity contribution in [3.63, 3.8) is 0 Å². The maximum absolute atomic E-state index is 14.4. The normalized spacial score (nSPS) is 13.6. The molecule has 0 aromatic heterocycles. The molecule has 24 heavy (non-hydrogen) atoms. The molecule has 0 nitrogen and oxygen atoms in total. The SMILES string of the molecule is CCCCc1ccc(C2=Cc3cc(F)c(F)c(F)c3CC2)c(F)c1. The Hall–Kier alpha value is -2.10. The summed E-state index contributed by atoms with van der Waals surface area (Å²) in [4.78, 5) is 0. The average molecular weight is 334 g/mol. The number of hydrogen-bond acceptors (Lipinski definition) is 0. The fraction of sp³-hybridized carbons (Fsp3) is 0.300. The molecule has 0 saturated carbocycles. The number of aryl methyl sites for hydroxylation is 1. The number of allylic oxidation sites excluding steroid dienone is 1. The second-order valence-electron chi connectivity index (χ2n) is 6.14. The summed E-state index contributed by atoms with van der Waals surface area (Å²) in [6.07, 6.45) is 5.03. The summed E-state index contributed by atoms with van der Waals surface area (Å²) in [7, 11) is 0. The van der Waals surface area contributed by atoms with Crippen LogP contribution in [-0.2, 0) is 12.8 Å². The molecule has 4 heteroatoms. The molecule has 0 atom stereocenters. The lowest BCUT2D eigenvalue weighted by Crippen LogP contribution is -2.07. The number of rotatable bonds is 4. The van der Waals surface area contributed by atoms with Gasteiger partial charge >= 0.3 is 0 Å². The molecular weight excluding hydrogens is 316 g/mol. The first-order chi connectivity index (χ1) is 11.5. The van der Waals surface area contributed by atoms with E-state index in [-0.39, 0.29) is 23.4 Å². The van der Waals surface area contributed by atoms with E-state index < -0.39 is 17.5 Å². The third-order valence-electron chi connectivity index (χ3n) is 4.47. The molecule has 2 aromatic carbocycles. The molecule has 1 aliphatic carbocycles. The Bertz CT molecular complexity index is 806. The Labute approximate surface area is 138 Å². The van der Waals surface area contributed by atoms with E-state index >= 15 is 0 Å². The van der Waals surface area contributed by atoms with Gasteiger partial charge in [0.25, 0.3) is 0 Å². The first-order valence-corrected chi connectivity index (χ1v) is 8.17. The molecule has 0 fully saturated rings. The van der Waals surface area contributed by atoms with Crippen molar-refractivity contribution in [2.75, 3.05) is 0 Å². The molecule has 0 N–H and O–H groups in total. The third-order valence-corrected chi connectivity index (χ3v) is 4.47. The lowest BCUT2D eigenvalue weighted by atomic mass is 9.87. The van der Waals surface area contributed by atoms with E-state index in [0.717, 1.165) is 30.9 Å². The summed E-state index contributed by atoms with van der Waals surface area (Å²) in [5.74, 6) is -4.15. The highest BCUT2D eigenvalue weighted by Crippen LogP contribution is 2.34. The standard InChI is InChI=1S/C20H18F4/c1-2-3-4-12-5-7-15(17(21)9-12)13-6-8-16-14(10-13)11-18(22)20(24)19(16)23/h5,7,9-11H,2-4,6,8H2,1H3. The van der Waals surface area contributed by atoms with E-state index in [9.17, 15) is 17.6 Å². The van der Waals surface area contributed by atoms with Crippen LogP contribution in [0.4, 0.5) is 17.6 Å². The average Bonchev–Trinajstić information content (AvgIpc) is 2.57. The van der Waals surface area contributed by atoms with Crippen LogP contribution in [0.2, 0.25) is 0 Å². The van der Waals surface area contributed by atoms with Crippen molar-refractivity contribution in [1.82, 2.24) is 0 Å². The summed E-state index contributed by atoms with van der Waals surface area (Å²) in [5, 5.41) is 0. The number of halogens is 4. The maximum Gasteiger partial charge on any atom is 0.194 e. The van der Waals surface area contributed by atoms with E-state index in [1.807, 2.05) is 6.07 Å². The minimum Gasteiger partial charge on any atom is -0.206 e. The summed E-state index contributed by atoms with van der Waals surface area (Å²) in [5.41, 5.74) is 2.48. The van der Waals surface area contributed by atoms with Crippen LogP contribution in [0.25, 0.3) is 11.6 Å². The Balaban J connectivity index is 1.97. The molecule has 0 bridgehead atoms. The number of hydrogen-bond donors (Lipinski definition) is 0. The predicted octanol–water partition coefficient (Wildman–Crippen LogP) is 6.07. The topological polar surface area (TPSA) is 0 Å². The van der Waals surface area contributed by atoms with E-state index in [1.54, 1.807) is 12.1 Å². The highest BCUT2D eigenvalue weighted by Gasteiger charge is 2.22. The minimum atomic E-state index is -1.45.